The average molecular weight is 533 g/mol. The Hall–Kier alpha value is -4.50. The molecule has 9 heteroatoms. The van der Waals surface area contributed by atoms with Crippen molar-refractivity contribution in [3.8, 4) is 23.0 Å². The van der Waals surface area contributed by atoms with Crippen molar-refractivity contribution in [2.75, 3.05) is 30.4 Å². The zero-order valence-electron chi connectivity index (χ0n) is 21.2. The molecule has 4 rings (SSSR count). The first-order valence-electron chi connectivity index (χ1n) is 11.7. The van der Waals surface area contributed by atoms with Gasteiger partial charge in [-0.1, -0.05) is 42.5 Å². The zero-order chi connectivity index (χ0) is 27.1. The van der Waals surface area contributed by atoms with Crippen molar-refractivity contribution < 1.29 is 27.4 Å². The number of hydrogen-bond donors (Lipinski definition) is 1. The summed E-state index contributed by atoms with van der Waals surface area (Å²) < 4.78 is 45.5. The maximum atomic E-state index is 14.0. The molecule has 0 aliphatic heterocycles. The molecule has 0 unspecified atom stereocenters. The van der Waals surface area contributed by atoms with Crippen molar-refractivity contribution in [1.29, 1.82) is 0 Å². The lowest BCUT2D eigenvalue weighted by atomic mass is 10.2. The molecule has 8 nitrogen and oxygen atoms in total. The van der Waals surface area contributed by atoms with Gasteiger partial charge in [0, 0.05) is 6.07 Å². The minimum atomic E-state index is -4.23. The van der Waals surface area contributed by atoms with Crippen LogP contribution in [0.25, 0.3) is 0 Å². The molecule has 4 aromatic rings. The van der Waals surface area contributed by atoms with Crippen molar-refractivity contribution >= 4 is 27.3 Å². The number of aryl methyl sites for hydroxylation is 1. The van der Waals surface area contributed by atoms with Gasteiger partial charge in [0.05, 0.1) is 25.6 Å². The molecule has 0 fully saturated rings. The van der Waals surface area contributed by atoms with Crippen LogP contribution >= 0.6 is 0 Å². The summed E-state index contributed by atoms with van der Waals surface area (Å²) >= 11 is 0. The molecular formula is C29H28N2O6S. The predicted molar refractivity (Wildman–Crippen MR) is 147 cm³/mol. The highest BCUT2D eigenvalue weighted by Gasteiger charge is 2.30. The summed E-state index contributed by atoms with van der Waals surface area (Å²) in [6.07, 6.45) is 0. The van der Waals surface area contributed by atoms with Crippen LogP contribution in [-0.2, 0) is 14.8 Å². The number of anilines is 2. The first-order chi connectivity index (χ1) is 18.3. The van der Waals surface area contributed by atoms with E-state index in [4.69, 9.17) is 14.2 Å². The molecule has 38 heavy (non-hydrogen) atoms. The quantitative estimate of drug-likeness (QED) is 0.284. The summed E-state index contributed by atoms with van der Waals surface area (Å²) in [7, 11) is -1.35. The Bertz CT molecular complexity index is 1520. The molecule has 196 valence electrons. The second kappa shape index (κ2) is 11.7. The number of benzene rings is 4. The molecule has 0 radical (unpaired) electrons. The summed E-state index contributed by atoms with van der Waals surface area (Å²) in [5, 5.41) is 2.79. The second-order valence-electron chi connectivity index (χ2n) is 8.33. The molecule has 4 aromatic carbocycles. The van der Waals surface area contributed by atoms with Crippen molar-refractivity contribution in [3.63, 3.8) is 0 Å². The lowest BCUT2D eigenvalue weighted by molar-refractivity contribution is -0.114. The monoisotopic (exact) mass is 532 g/mol. The van der Waals surface area contributed by atoms with Gasteiger partial charge in [0.1, 0.15) is 28.7 Å². The largest absolute Gasteiger partial charge is 0.497 e. The highest BCUT2D eigenvalue weighted by Crippen LogP contribution is 2.33. The molecule has 0 aromatic heterocycles. The maximum absolute atomic E-state index is 14.0. The van der Waals surface area contributed by atoms with Gasteiger partial charge in [0.15, 0.2) is 5.75 Å². The van der Waals surface area contributed by atoms with E-state index in [1.165, 1.54) is 20.3 Å². The van der Waals surface area contributed by atoms with E-state index in [1.54, 1.807) is 79.7 Å². The van der Waals surface area contributed by atoms with Gasteiger partial charge < -0.3 is 19.5 Å². The van der Waals surface area contributed by atoms with E-state index in [1.807, 2.05) is 18.2 Å². The average Bonchev–Trinajstić information content (AvgIpc) is 2.93. The van der Waals surface area contributed by atoms with Crippen LogP contribution in [0.2, 0.25) is 0 Å². The van der Waals surface area contributed by atoms with Gasteiger partial charge in [-0.15, -0.1) is 0 Å². The maximum Gasteiger partial charge on any atom is 0.268 e. The van der Waals surface area contributed by atoms with Crippen LogP contribution in [0, 0.1) is 6.92 Å². The minimum Gasteiger partial charge on any atom is -0.497 e. The fraction of sp³-hybridized carbons (Fsp3) is 0.138. The summed E-state index contributed by atoms with van der Waals surface area (Å²) in [4.78, 5) is 13.3. The second-order valence-corrected chi connectivity index (χ2v) is 10.2. The van der Waals surface area contributed by atoms with E-state index in [0.717, 1.165) is 9.87 Å². The number of amides is 1. The van der Waals surface area contributed by atoms with Gasteiger partial charge in [-0.2, -0.15) is 0 Å². The van der Waals surface area contributed by atoms with E-state index < -0.39 is 22.5 Å². The molecule has 0 saturated carbocycles. The Balaban J connectivity index is 1.68. The van der Waals surface area contributed by atoms with Gasteiger partial charge in [0.25, 0.3) is 10.0 Å². The zero-order valence-corrected chi connectivity index (χ0v) is 22.1. The Labute approximate surface area is 222 Å². The number of para-hydroxylation sites is 3. The normalized spacial score (nSPS) is 10.9. The van der Waals surface area contributed by atoms with Gasteiger partial charge >= 0.3 is 0 Å². The van der Waals surface area contributed by atoms with Crippen molar-refractivity contribution in [2.45, 2.75) is 11.8 Å². The highest BCUT2D eigenvalue weighted by molar-refractivity contribution is 7.93. The number of methoxy groups -OCH3 is 2. The number of hydrogen-bond acceptors (Lipinski definition) is 6. The molecule has 1 N–H and O–H groups in total. The van der Waals surface area contributed by atoms with Crippen LogP contribution in [0.5, 0.6) is 23.0 Å². The van der Waals surface area contributed by atoms with Crippen LogP contribution < -0.4 is 23.8 Å². The van der Waals surface area contributed by atoms with E-state index in [2.05, 4.69) is 5.32 Å². The Morgan fingerprint density at radius 2 is 1.50 bits per heavy atom. The van der Waals surface area contributed by atoms with Gasteiger partial charge in [0.2, 0.25) is 5.91 Å². The number of carbonyl (C=O) groups excluding carboxylic acids is 1. The van der Waals surface area contributed by atoms with Crippen LogP contribution in [-0.4, -0.2) is 35.1 Å². The third-order valence-electron chi connectivity index (χ3n) is 5.65. The topological polar surface area (TPSA) is 94.2 Å². The van der Waals surface area contributed by atoms with Crippen molar-refractivity contribution in [1.82, 2.24) is 0 Å². The molecule has 1 amide bonds. The molecular weight excluding hydrogens is 504 g/mol. The molecule has 0 aliphatic carbocycles. The van der Waals surface area contributed by atoms with Crippen LogP contribution in [0.15, 0.2) is 102 Å². The third kappa shape index (κ3) is 6.07. The Kier molecular flexibility index (Phi) is 8.18. The molecule has 0 saturated heterocycles. The Morgan fingerprint density at radius 1 is 0.789 bits per heavy atom. The predicted octanol–water partition coefficient (Wildman–Crippen LogP) is 5.64. The van der Waals surface area contributed by atoms with E-state index in [0.29, 0.717) is 22.9 Å². The molecule has 0 spiro atoms. The summed E-state index contributed by atoms with van der Waals surface area (Å²) in [5.41, 5.74) is 1.39. The molecule has 0 bridgehead atoms. The van der Waals surface area contributed by atoms with Crippen LogP contribution in [0.4, 0.5) is 11.4 Å². The van der Waals surface area contributed by atoms with Gasteiger partial charge in [-0.25, -0.2) is 8.42 Å². The summed E-state index contributed by atoms with van der Waals surface area (Å²) in [6.45, 7) is 1.27. The smallest absolute Gasteiger partial charge is 0.268 e. The third-order valence-corrected chi connectivity index (χ3v) is 7.44. The SMILES string of the molecule is COc1cccc(N(CC(=O)Nc2ccccc2Oc2ccccc2)S(=O)(=O)c2cc(C)ccc2OC)c1. The standard InChI is InChI=1S/C29H28N2O6S/c1-21-16-17-27(36-3)28(18-21)38(33,34)31(22-10-9-13-24(19-22)35-2)20-29(32)30-25-14-7-8-15-26(25)37-23-11-5-4-6-12-23/h4-19H,20H2,1-3H3,(H,30,32). The number of carbonyl (C=O) groups is 1. The lowest BCUT2D eigenvalue weighted by Gasteiger charge is -2.25. The van der Waals surface area contributed by atoms with E-state index >= 15 is 0 Å². The highest BCUT2D eigenvalue weighted by atomic mass is 32.2. The molecule has 0 aliphatic rings. The number of rotatable bonds is 10. The fourth-order valence-electron chi connectivity index (χ4n) is 3.78. The first kappa shape index (κ1) is 26.6. The summed E-state index contributed by atoms with van der Waals surface area (Å²) in [5.74, 6) is 1.07. The first-order valence-corrected chi connectivity index (χ1v) is 13.2. The minimum absolute atomic E-state index is 0.0524. The van der Waals surface area contributed by atoms with E-state index in [-0.39, 0.29) is 16.3 Å². The Morgan fingerprint density at radius 3 is 2.24 bits per heavy atom. The van der Waals surface area contributed by atoms with E-state index in [9.17, 15) is 13.2 Å². The lowest BCUT2D eigenvalue weighted by Crippen LogP contribution is -2.38. The molecule has 0 atom stereocenters. The van der Waals surface area contributed by atoms with Gasteiger partial charge in [-0.05, 0) is 61.0 Å². The number of sulfonamides is 1. The fourth-order valence-corrected chi connectivity index (χ4v) is 5.44. The van der Waals surface area contributed by atoms with Crippen LogP contribution in [0.1, 0.15) is 5.56 Å². The van der Waals surface area contributed by atoms with Gasteiger partial charge in [-0.3, -0.25) is 9.10 Å². The number of ether oxygens (including phenoxy) is 3. The molecule has 0 heterocycles. The number of nitrogens with one attached hydrogen (secondary N) is 1. The van der Waals surface area contributed by atoms with Crippen molar-refractivity contribution in [3.05, 3.63) is 103 Å². The van der Waals surface area contributed by atoms with Crippen LogP contribution in [0.3, 0.4) is 0 Å². The summed E-state index contributed by atoms with van der Waals surface area (Å²) in [6, 6.07) is 27.4. The number of nitrogens with zero attached hydrogens (tertiary/aromatic N) is 1. The van der Waals surface area contributed by atoms with Crippen molar-refractivity contribution in [2.24, 2.45) is 0 Å².